The molecule has 0 aromatic heterocycles. The average Bonchev–Trinajstić information content (AvgIpc) is 2.13. The van der Waals surface area contributed by atoms with Crippen LogP contribution in [0, 0.1) is 0 Å². The Morgan fingerprint density at radius 1 is 1.46 bits per heavy atom. The Hall–Kier alpha value is -0.830. The molecule has 0 radical (unpaired) electrons. The highest BCUT2D eigenvalue weighted by Crippen LogP contribution is 2.07. The third kappa shape index (κ3) is 4.08. The number of esters is 1. The number of rotatable bonds is 5. The molecule has 0 heterocycles. The van der Waals surface area contributed by atoms with Crippen molar-refractivity contribution in [1.29, 1.82) is 0 Å². The summed E-state index contributed by atoms with van der Waals surface area (Å²) < 4.78 is 4.89. The zero-order valence-electron chi connectivity index (χ0n) is 8.67. The zero-order valence-corrected chi connectivity index (χ0v) is 8.67. The normalized spacial score (nSPS) is 14.0. The van der Waals surface area contributed by atoms with Gasteiger partial charge in [-0.3, -0.25) is 0 Å². The van der Waals surface area contributed by atoms with Crippen molar-refractivity contribution in [3.63, 3.8) is 0 Å². The largest absolute Gasteiger partial charge is 0.463 e. The summed E-state index contributed by atoms with van der Waals surface area (Å²) in [4.78, 5) is 11.4. The maximum absolute atomic E-state index is 11.4. The number of carbonyl (C=O) groups excluding carboxylic acids is 1. The maximum Gasteiger partial charge on any atom is 0.335 e. The van der Waals surface area contributed by atoms with E-state index in [0.717, 1.165) is 12.8 Å². The van der Waals surface area contributed by atoms with Gasteiger partial charge in [-0.05, 0) is 19.8 Å². The van der Waals surface area contributed by atoms with E-state index < -0.39 is 0 Å². The molecule has 0 aromatic carbocycles. The van der Waals surface area contributed by atoms with E-state index in [9.17, 15) is 4.79 Å². The lowest BCUT2D eigenvalue weighted by molar-refractivity contribution is -0.138. The van der Waals surface area contributed by atoms with Gasteiger partial charge in [-0.15, -0.1) is 0 Å². The Bertz CT molecular complexity index is 187. The first-order valence-electron chi connectivity index (χ1n) is 4.80. The minimum absolute atomic E-state index is 0.195. The molecule has 0 aliphatic heterocycles. The number of allylic oxidation sites excluding steroid dienone is 1. The third-order valence-electron chi connectivity index (χ3n) is 1.77. The summed E-state index contributed by atoms with van der Waals surface area (Å²) in [7, 11) is 0. The van der Waals surface area contributed by atoms with Gasteiger partial charge in [0.2, 0.25) is 0 Å². The second-order valence-electron chi connectivity index (χ2n) is 2.80. The molecule has 0 aromatic rings. The molecule has 0 saturated heterocycles. The summed E-state index contributed by atoms with van der Waals surface area (Å²) in [5.74, 6) is -0.279. The first-order valence-corrected chi connectivity index (χ1v) is 4.80. The van der Waals surface area contributed by atoms with Gasteiger partial charge in [0.15, 0.2) is 0 Å². The molecule has 1 unspecified atom stereocenters. The fraction of sp³-hybridized carbons (Fsp3) is 0.700. The van der Waals surface area contributed by atoms with Crippen LogP contribution in [0.15, 0.2) is 11.6 Å². The summed E-state index contributed by atoms with van der Waals surface area (Å²) in [6.07, 6.45) is 3.40. The topological polar surface area (TPSA) is 52.3 Å². The highest BCUT2D eigenvalue weighted by atomic mass is 16.5. The van der Waals surface area contributed by atoms with Crippen LogP contribution in [0.25, 0.3) is 0 Å². The molecule has 0 amide bonds. The van der Waals surface area contributed by atoms with Crippen molar-refractivity contribution in [2.75, 3.05) is 6.61 Å². The van der Waals surface area contributed by atoms with Crippen molar-refractivity contribution in [1.82, 2.24) is 0 Å². The molecular weight excluding hydrogens is 166 g/mol. The molecule has 0 fully saturated rings. The van der Waals surface area contributed by atoms with Crippen molar-refractivity contribution in [2.45, 2.75) is 39.7 Å². The number of nitrogens with two attached hydrogens (primary N) is 1. The van der Waals surface area contributed by atoms with E-state index >= 15 is 0 Å². The fourth-order valence-corrected chi connectivity index (χ4v) is 1.04. The summed E-state index contributed by atoms with van der Waals surface area (Å²) in [5.41, 5.74) is 6.37. The molecule has 0 aliphatic carbocycles. The van der Waals surface area contributed by atoms with Crippen molar-refractivity contribution < 1.29 is 9.53 Å². The minimum Gasteiger partial charge on any atom is -0.463 e. The van der Waals surface area contributed by atoms with Gasteiger partial charge in [0.05, 0.1) is 6.61 Å². The molecule has 0 rings (SSSR count). The third-order valence-corrected chi connectivity index (χ3v) is 1.77. The molecule has 1 atom stereocenters. The molecule has 0 aliphatic rings. The Balaban J connectivity index is 4.42. The van der Waals surface area contributed by atoms with E-state index in [4.69, 9.17) is 10.5 Å². The van der Waals surface area contributed by atoms with E-state index in [1.165, 1.54) is 0 Å². The molecule has 76 valence electrons. The fourth-order valence-electron chi connectivity index (χ4n) is 1.04. The van der Waals surface area contributed by atoms with Gasteiger partial charge in [0.1, 0.15) is 0 Å². The van der Waals surface area contributed by atoms with Gasteiger partial charge in [0, 0.05) is 11.6 Å². The number of hydrogen-bond donors (Lipinski definition) is 1. The van der Waals surface area contributed by atoms with Crippen molar-refractivity contribution in [3.8, 4) is 0 Å². The van der Waals surface area contributed by atoms with E-state index in [1.54, 1.807) is 6.92 Å². The van der Waals surface area contributed by atoms with Gasteiger partial charge < -0.3 is 10.5 Å². The van der Waals surface area contributed by atoms with E-state index in [-0.39, 0.29) is 12.0 Å². The first-order chi connectivity index (χ1) is 6.17. The zero-order chi connectivity index (χ0) is 10.3. The lowest BCUT2D eigenvalue weighted by atomic mass is 10.0. The van der Waals surface area contributed by atoms with Crippen LogP contribution in [-0.4, -0.2) is 18.6 Å². The van der Waals surface area contributed by atoms with E-state index in [2.05, 4.69) is 0 Å². The summed E-state index contributed by atoms with van der Waals surface area (Å²) >= 11 is 0. The van der Waals surface area contributed by atoms with Crippen LogP contribution in [0.2, 0.25) is 0 Å². The van der Waals surface area contributed by atoms with E-state index in [1.807, 2.05) is 19.9 Å². The smallest absolute Gasteiger partial charge is 0.335 e. The predicted molar refractivity (Wildman–Crippen MR) is 53.3 cm³/mol. The van der Waals surface area contributed by atoms with Crippen molar-refractivity contribution in [3.05, 3.63) is 11.6 Å². The highest BCUT2D eigenvalue weighted by Gasteiger charge is 2.15. The van der Waals surface area contributed by atoms with E-state index in [0.29, 0.717) is 12.2 Å². The Kier molecular flexibility index (Phi) is 6.24. The van der Waals surface area contributed by atoms with Crippen LogP contribution in [0.3, 0.4) is 0 Å². The van der Waals surface area contributed by atoms with Crippen LogP contribution in [-0.2, 0) is 9.53 Å². The minimum atomic E-state index is -0.279. The SMILES string of the molecule is CCC=C(C(=O)OCC)C(N)CC. The Morgan fingerprint density at radius 3 is 2.46 bits per heavy atom. The Labute approximate surface area is 79.9 Å². The monoisotopic (exact) mass is 185 g/mol. The molecular formula is C10H19NO2. The molecule has 13 heavy (non-hydrogen) atoms. The van der Waals surface area contributed by atoms with Crippen molar-refractivity contribution in [2.24, 2.45) is 5.73 Å². The van der Waals surface area contributed by atoms with Crippen LogP contribution >= 0.6 is 0 Å². The van der Waals surface area contributed by atoms with Gasteiger partial charge in [-0.25, -0.2) is 4.79 Å². The lowest BCUT2D eigenvalue weighted by Gasteiger charge is -2.12. The molecule has 3 nitrogen and oxygen atoms in total. The quantitative estimate of drug-likeness (QED) is 0.523. The lowest BCUT2D eigenvalue weighted by Crippen LogP contribution is -2.27. The van der Waals surface area contributed by atoms with Gasteiger partial charge in [-0.2, -0.15) is 0 Å². The van der Waals surface area contributed by atoms with Gasteiger partial charge in [-0.1, -0.05) is 19.9 Å². The first kappa shape index (κ1) is 12.2. The van der Waals surface area contributed by atoms with Crippen LogP contribution in [0.1, 0.15) is 33.6 Å². The Morgan fingerprint density at radius 2 is 2.08 bits per heavy atom. The second kappa shape index (κ2) is 6.66. The van der Waals surface area contributed by atoms with Crippen molar-refractivity contribution >= 4 is 5.97 Å². The number of carbonyl (C=O) groups is 1. The molecule has 0 saturated carbocycles. The summed E-state index contributed by atoms with van der Waals surface area (Å²) in [6.45, 7) is 6.12. The number of ether oxygens (including phenoxy) is 1. The molecule has 3 heteroatoms. The van der Waals surface area contributed by atoms with Crippen LogP contribution in [0.5, 0.6) is 0 Å². The highest BCUT2D eigenvalue weighted by molar-refractivity contribution is 5.89. The van der Waals surface area contributed by atoms with Crippen LogP contribution in [0.4, 0.5) is 0 Å². The predicted octanol–water partition coefficient (Wildman–Crippen LogP) is 1.62. The number of hydrogen-bond acceptors (Lipinski definition) is 3. The molecule has 0 spiro atoms. The average molecular weight is 185 g/mol. The van der Waals surface area contributed by atoms with Crippen LogP contribution < -0.4 is 5.73 Å². The van der Waals surface area contributed by atoms with Gasteiger partial charge >= 0.3 is 5.97 Å². The summed E-state index contributed by atoms with van der Waals surface area (Å²) in [6, 6.07) is -0.195. The molecule has 0 bridgehead atoms. The molecule has 2 N–H and O–H groups in total. The second-order valence-corrected chi connectivity index (χ2v) is 2.80. The maximum atomic E-state index is 11.4. The van der Waals surface area contributed by atoms with Gasteiger partial charge in [0.25, 0.3) is 0 Å². The standard InChI is InChI=1S/C10H19NO2/c1-4-7-8(9(11)5-2)10(12)13-6-3/h7,9H,4-6,11H2,1-3H3. The summed E-state index contributed by atoms with van der Waals surface area (Å²) in [5, 5.41) is 0.